The molecule has 1 rings (SSSR count). The number of nitrogens with one attached hydrogen (secondary N) is 1. The average molecular weight is 222 g/mol. The maximum Gasteiger partial charge on any atom is 0.226 e. The lowest BCUT2D eigenvalue weighted by molar-refractivity contribution is -0.116. The lowest BCUT2D eigenvalue weighted by Gasteiger charge is -2.17. The molecule has 1 heterocycles. The molecule has 0 aromatic carbocycles. The molecule has 0 saturated heterocycles. The first-order valence-corrected chi connectivity index (χ1v) is 5.17. The van der Waals surface area contributed by atoms with Crippen molar-refractivity contribution in [3.63, 3.8) is 0 Å². The molecule has 5 nitrogen and oxygen atoms in total. The van der Waals surface area contributed by atoms with E-state index in [1.807, 2.05) is 25.1 Å². The predicted molar refractivity (Wildman–Crippen MR) is 65.5 cm³/mol. The molecule has 1 aromatic heterocycles. The van der Waals surface area contributed by atoms with E-state index in [9.17, 15) is 4.79 Å². The van der Waals surface area contributed by atoms with Crippen LogP contribution >= 0.6 is 0 Å². The van der Waals surface area contributed by atoms with Crippen molar-refractivity contribution >= 4 is 17.3 Å². The molecule has 0 spiro atoms. The first-order chi connectivity index (χ1) is 7.50. The van der Waals surface area contributed by atoms with Crippen LogP contribution in [0.3, 0.4) is 0 Å². The van der Waals surface area contributed by atoms with Crippen LogP contribution in [0.5, 0.6) is 0 Å². The highest BCUT2D eigenvalue weighted by molar-refractivity contribution is 5.94. The first-order valence-electron chi connectivity index (χ1n) is 5.17. The van der Waals surface area contributed by atoms with Crippen molar-refractivity contribution in [3.05, 3.63) is 18.5 Å². The molecule has 1 atom stereocenters. The Kier molecular flexibility index (Phi) is 4.25. The zero-order valence-electron chi connectivity index (χ0n) is 9.90. The summed E-state index contributed by atoms with van der Waals surface area (Å²) in [4.78, 5) is 17.5. The van der Waals surface area contributed by atoms with Crippen LogP contribution in [0, 0.1) is 0 Å². The van der Waals surface area contributed by atoms with Gasteiger partial charge in [0, 0.05) is 32.8 Å². The second-order valence-corrected chi connectivity index (χ2v) is 4.02. The molecule has 5 heteroatoms. The molecule has 1 aromatic rings. The van der Waals surface area contributed by atoms with E-state index in [0.717, 1.165) is 5.69 Å². The van der Waals surface area contributed by atoms with E-state index >= 15 is 0 Å². The molecule has 1 amide bonds. The number of anilines is 2. The Morgan fingerprint density at radius 1 is 1.62 bits per heavy atom. The number of aromatic nitrogens is 1. The van der Waals surface area contributed by atoms with Gasteiger partial charge in [0.2, 0.25) is 5.91 Å². The maximum atomic E-state index is 11.6. The van der Waals surface area contributed by atoms with Gasteiger partial charge < -0.3 is 16.0 Å². The number of rotatable bonds is 4. The molecule has 0 aliphatic carbocycles. The van der Waals surface area contributed by atoms with Crippen molar-refractivity contribution in [1.29, 1.82) is 0 Å². The minimum absolute atomic E-state index is 0.0916. The number of hydrogen-bond acceptors (Lipinski definition) is 4. The summed E-state index contributed by atoms with van der Waals surface area (Å²) < 4.78 is 0. The summed E-state index contributed by atoms with van der Waals surface area (Å²) in [6, 6.07) is 1.71. The second-order valence-electron chi connectivity index (χ2n) is 4.02. The normalized spacial score (nSPS) is 12.0. The number of carbonyl (C=O) groups is 1. The molecule has 0 bridgehead atoms. The number of hydrogen-bond donors (Lipinski definition) is 2. The van der Waals surface area contributed by atoms with Crippen molar-refractivity contribution in [3.8, 4) is 0 Å². The van der Waals surface area contributed by atoms with Crippen LogP contribution in [0.2, 0.25) is 0 Å². The SMILES string of the molecule is CC(N)CC(=O)Nc1cnccc1N(C)C. The quantitative estimate of drug-likeness (QED) is 0.791. The van der Waals surface area contributed by atoms with Crippen LogP contribution < -0.4 is 16.0 Å². The van der Waals surface area contributed by atoms with Gasteiger partial charge in [-0.05, 0) is 13.0 Å². The summed E-state index contributed by atoms with van der Waals surface area (Å²) >= 11 is 0. The van der Waals surface area contributed by atoms with E-state index in [2.05, 4.69) is 10.3 Å². The van der Waals surface area contributed by atoms with Crippen LogP contribution in [0.1, 0.15) is 13.3 Å². The average Bonchev–Trinajstić information content (AvgIpc) is 2.16. The van der Waals surface area contributed by atoms with E-state index in [4.69, 9.17) is 5.73 Å². The monoisotopic (exact) mass is 222 g/mol. The van der Waals surface area contributed by atoms with Crippen LogP contribution in [-0.4, -0.2) is 31.0 Å². The standard InChI is InChI=1S/C11H18N4O/c1-8(12)6-11(16)14-9-7-13-5-4-10(9)15(2)3/h4-5,7-8H,6,12H2,1-3H3,(H,14,16). The van der Waals surface area contributed by atoms with Gasteiger partial charge in [0.05, 0.1) is 17.6 Å². The molecule has 0 radical (unpaired) electrons. The van der Waals surface area contributed by atoms with Crippen LogP contribution in [0.15, 0.2) is 18.5 Å². The Morgan fingerprint density at radius 3 is 2.88 bits per heavy atom. The van der Waals surface area contributed by atoms with Gasteiger partial charge in [-0.1, -0.05) is 0 Å². The van der Waals surface area contributed by atoms with Gasteiger partial charge in [-0.15, -0.1) is 0 Å². The Hall–Kier alpha value is -1.62. The summed E-state index contributed by atoms with van der Waals surface area (Å²) in [5.41, 5.74) is 7.19. The van der Waals surface area contributed by atoms with E-state index in [1.165, 1.54) is 0 Å². The Labute approximate surface area is 95.7 Å². The van der Waals surface area contributed by atoms with Gasteiger partial charge in [0.1, 0.15) is 0 Å². The fourth-order valence-electron chi connectivity index (χ4n) is 1.37. The maximum absolute atomic E-state index is 11.6. The molecule has 3 N–H and O–H groups in total. The van der Waals surface area contributed by atoms with Gasteiger partial charge in [-0.3, -0.25) is 9.78 Å². The number of carbonyl (C=O) groups excluding carboxylic acids is 1. The molecule has 16 heavy (non-hydrogen) atoms. The van der Waals surface area contributed by atoms with Crippen molar-refractivity contribution in [2.45, 2.75) is 19.4 Å². The lowest BCUT2D eigenvalue weighted by atomic mass is 10.2. The molecule has 0 saturated carbocycles. The minimum Gasteiger partial charge on any atom is -0.376 e. The Morgan fingerprint density at radius 2 is 2.31 bits per heavy atom. The van der Waals surface area contributed by atoms with Crippen molar-refractivity contribution < 1.29 is 4.79 Å². The van der Waals surface area contributed by atoms with E-state index in [0.29, 0.717) is 12.1 Å². The highest BCUT2D eigenvalue weighted by atomic mass is 16.1. The molecule has 1 unspecified atom stereocenters. The molecule has 0 fully saturated rings. The summed E-state index contributed by atoms with van der Waals surface area (Å²) in [7, 11) is 3.83. The van der Waals surface area contributed by atoms with Crippen molar-refractivity contribution in [2.24, 2.45) is 5.73 Å². The van der Waals surface area contributed by atoms with E-state index < -0.39 is 0 Å². The highest BCUT2D eigenvalue weighted by Crippen LogP contribution is 2.22. The molecular weight excluding hydrogens is 204 g/mol. The fourth-order valence-corrected chi connectivity index (χ4v) is 1.37. The van der Waals surface area contributed by atoms with Gasteiger partial charge >= 0.3 is 0 Å². The third-order valence-electron chi connectivity index (χ3n) is 2.06. The fraction of sp³-hybridized carbons (Fsp3) is 0.455. The Balaban J connectivity index is 2.77. The zero-order chi connectivity index (χ0) is 12.1. The topological polar surface area (TPSA) is 71.2 Å². The van der Waals surface area contributed by atoms with Gasteiger partial charge in [-0.2, -0.15) is 0 Å². The zero-order valence-corrected chi connectivity index (χ0v) is 9.90. The van der Waals surface area contributed by atoms with Gasteiger partial charge in [-0.25, -0.2) is 0 Å². The largest absolute Gasteiger partial charge is 0.376 e. The first kappa shape index (κ1) is 12.4. The molecular formula is C11H18N4O. The Bertz CT molecular complexity index is 363. The van der Waals surface area contributed by atoms with Gasteiger partial charge in [0.25, 0.3) is 0 Å². The minimum atomic E-state index is -0.139. The number of pyridine rings is 1. The van der Waals surface area contributed by atoms with E-state index in [-0.39, 0.29) is 11.9 Å². The van der Waals surface area contributed by atoms with Gasteiger partial charge in [0.15, 0.2) is 0 Å². The third kappa shape index (κ3) is 3.51. The lowest BCUT2D eigenvalue weighted by Crippen LogP contribution is -2.24. The summed E-state index contributed by atoms with van der Waals surface area (Å²) in [5, 5.41) is 2.80. The van der Waals surface area contributed by atoms with Crippen molar-refractivity contribution in [1.82, 2.24) is 4.98 Å². The van der Waals surface area contributed by atoms with E-state index in [1.54, 1.807) is 19.3 Å². The second kappa shape index (κ2) is 5.46. The van der Waals surface area contributed by atoms with Crippen LogP contribution in [0.4, 0.5) is 11.4 Å². The summed E-state index contributed by atoms with van der Waals surface area (Å²) in [6.45, 7) is 1.80. The van der Waals surface area contributed by atoms with Crippen LogP contribution in [-0.2, 0) is 4.79 Å². The van der Waals surface area contributed by atoms with Crippen molar-refractivity contribution in [2.75, 3.05) is 24.3 Å². The number of amides is 1. The number of nitrogens with two attached hydrogens (primary N) is 1. The predicted octanol–water partition coefficient (Wildman–Crippen LogP) is 0.823. The van der Waals surface area contributed by atoms with Crippen LogP contribution in [0.25, 0.3) is 0 Å². The smallest absolute Gasteiger partial charge is 0.226 e. The third-order valence-corrected chi connectivity index (χ3v) is 2.06. The molecule has 0 aliphatic heterocycles. The highest BCUT2D eigenvalue weighted by Gasteiger charge is 2.09. The molecule has 88 valence electrons. The number of nitrogens with zero attached hydrogens (tertiary/aromatic N) is 2. The summed E-state index contributed by atoms with van der Waals surface area (Å²) in [6.07, 6.45) is 3.63. The molecule has 0 aliphatic rings. The summed E-state index contributed by atoms with van der Waals surface area (Å²) in [5.74, 6) is -0.0916.